The molecule has 1 aliphatic heterocycles. The SMILES string of the molecule is COc1nc(NCC2COCCN2)nc(OC)n1. The minimum absolute atomic E-state index is 0.220. The van der Waals surface area contributed by atoms with Crippen molar-refractivity contribution >= 4 is 5.95 Å². The molecular weight excluding hydrogens is 238 g/mol. The molecule has 0 radical (unpaired) electrons. The third kappa shape index (κ3) is 3.41. The van der Waals surface area contributed by atoms with Gasteiger partial charge in [-0.3, -0.25) is 0 Å². The molecule has 8 nitrogen and oxygen atoms in total. The molecule has 18 heavy (non-hydrogen) atoms. The van der Waals surface area contributed by atoms with Crippen molar-refractivity contribution < 1.29 is 14.2 Å². The maximum atomic E-state index is 5.36. The Morgan fingerprint density at radius 2 is 2.00 bits per heavy atom. The average Bonchev–Trinajstić information content (AvgIpc) is 2.45. The van der Waals surface area contributed by atoms with E-state index in [2.05, 4.69) is 25.6 Å². The predicted octanol–water partition coefficient (Wildman–Crippen LogP) is -0.711. The number of hydrogen-bond acceptors (Lipinski definition) is 8. The lowest BCUT2D eigenvalue weighted by Crippen LogP contribution is -2.45. The van der Waals surface area contributed by atoms with E-state index in [1.54, 1.807) is 0 Å². The highest BCUT2D eigenvalue weighted by molar-refractivity contribution is 5.27. The fourth-order valence-corrected chi connectivity index (χ4v) is 1.56. The van der Waals surface area contributed by atoms with E-state index in [0.29, 0.717) is 19.1 Å². The van der Waals surface area contributed by atoms with E-state index in [4.69, 9.17) is 14.2 Å². The van der Waals surface area contributed by atoms with Crippen LogP contribution in [0.25, 0.3) is 0 Å². The summed E-state index contributed by atoms with van der Waals surface area (Å²) in [5.74, 6) is 0.422. The number of rotatable bonds is 5. The summed E-state index contributed by atoms with van der Waals surface area (Å²) in [6.45, 7) is 2.95. The van der Waals surface area contributed by atoms with Gasteiger partial charge in [0.25, 0.3) is 0 Å². The smallest absolute Gasteiger partial charge is 0.324 e. The lowest BCUT2D eigenvalue weighted by Gasteiger charge is -2.23. The second-order valence-corrected chi connectivity index (χ2v) is 3.74. The molecule has 0 amide bonds. The van der Waals surface area contributed by atoms with Crippen LogP contribution in [0.1, 0.15) is 0 Å². The average molecular weight is 255 g/mol. The van der Waals surface area contributed by atoms with Crippen LogP contribution in [-0.4, -0.2) is 61.5 Å². The topological polar surface area (TPSA) is 90.4 Å². The molecule has 2 rings (SSSR count). The summed E-state index contributed by atoms with van der Waals surface area (Å²) < 4.78 is 15.3. The Balaban J connectivity index is 1.94. The summed E-state index contributed by atoms with van der Waals surface area (Å²) in [7, 11) is 2.99. The van der Waals surface area contributed by atoms with Crippen LogP contribution >= 0.6 is 0 Å². The highest BCUT2D eigenvalue weighted by Gasteiger charge is 2.14. The lowest BCUT2D eigenvalue weighted by atomic mass is 10.3. The molecule has 2 heterocycles. The van der Waals surface area contributed by atoms with Gasteiger partial charge in [0.1, 0.15) is 0 Å². The van der Waals surface area contributed by atoms with Crippen LogP contribution in [0, 0.1) is 0 Å². The van der Waals surface area contributed by atoms with Gasteiger partial charge in [0.15, 0.2) is 0 Å². The third-order valence-corrected chi connectivity index (χ3v) is 2.46. The Kier molecular flexibility index (Phi) is 4.48. The molecule has 1 saturated heterocycles. The van der Waals surface area contributed by atoms with Gasteiger partial charge in [0.05, 0.1) is 27.4 Å². The molecule has 2 N–H and O–H groups in total. The second kappa shape index (κ2) is 6.31. The van der Waals surface area contributed by atoms with Crippen molar-refractivity contribution in [1.82, 2.24) is 20.3 Å². The minimum atomic E-state index is 0.220. The zero-order valence-electron chi connectivity index (χ0n) is 10.5. The number of hydrogen-bond donors (Lipinski definition) is 2. The molecule has 0 bridgehead atoms. The van der Waals surface area contributed by atoms with Gasteiger partial charge in [0.2, 0.25) is 5.95 Å². The molecule has 0 saturated carbocycles. The minimum Gasteiger partial charge on any atom is -0.467 e. The number of nitrogens with one attached hydrogen (secondary N) is 2. The van der Waals surface area contributed by atoms with Gasteiger partial charge in [0, 0.05) is 19.1 Å². The predicted molar refractivity (Wildman–Crippen MR) is 64.0 cm³/mol. The number of aromatic nitrogens is 3. The molecule has 1 aromatic heterocycles. The van der Waals surface area contributed by atoms with Crippen LogP contribution in [0.4, 0.5) is 5.95 Å². The Labute approximate surface area is 105 Å². The van der Waals surface area contributed by atoms with Crippen LogP contribution in [0.2, 0.25) is 0 Å². The number of ether oxygens (including phenoxy) is 3. The van der Waals surface area contributed by atoms with Crippen LogP contribution in [0.3, 0.4) is 0 Å². The molecule has 1 atom stereocenters. The molecular formula is C10H17N5O3. The fourth-order valence-electron chi connectivity index (χ4n) is 1.56. The van der Waals surface area contributed by atoms with Gasteiger partial charge in [-0.05, 0) is 0 Å². The normalized spacial score (nSPS) is 19.3. The van der Waals surface area contributed by atoms with Crippen molar-refractivity contribution in [3.63, 3.8) is 0 Å². The molecule has 1 unspecified atom stereocenters. The van der Waals surface area contributed by atoms with Gasteiger partial charge >= 0.3 is 12.0 Å². The van der Waals surface area contributed by atoms with Crippen molar-refractivity contribution in [3.8, 4) is 12.0 Å². The molecule has 0 spiro atoms. The molecule has 1 aromatic rings. The highest BCUT2D eigenvalue weighted by atomic mass is 16.5. The van der Waals surface area contributed by atoms with Gasteiger partial charge in [-0.1, -0.05) is 0 Å². The summed E-state index contributed by atoms with van der Waals surface area (Å²) in [5.41, 5.74) is 0. The van der Waals surface area contributed by atoms with E-state index in [-0.39, 0.29) is 18.1 Å². The van der Waals surface area contributed by atoms with Gasteiger partial charge in [-0.2, -0.15) is 9.97 Å². The lowest BCUT2D eigenvalue weighted by molar-refractivity contribution is 0.0806. The Morgan fingerprint density at radius 3 is 2.56 bits per heavy atom. The van der Waals surface area contributed by atoms with Gasteiger partial charge in [-0.25, -0.2) is 0 Å². The molecule has 0 aromatic carbocycles. The summed E-state index contributed by atoms with van der Waals surface area (Å²) in [6, 6.07) is 0.682. The second-order valence-electron chi connectivity index (χ2n) is 3.74. The molecule has 1 fully saturated rings. The number of methoxy groups -OCH3 is 2. The first-order valence-corrected chi connectivity index (χ1v) is 5.71. The maximum Gasteiger partial charge on any atom is 0.324 e. The summed E-state index contributed by atoms with van der Waals surface area (Å²) in [5, 5.41) is 6.42. The van der Waals surface area contributed by atoms with Crippen LogP contribution < -0.4 is 20.1 Å². The molecule has 0 aliphatic carbocycles. The standard InChI is InChI=1S/C10H17N5O3/c1-16-9-13-8(14-10(15-9)17-2)12-5-7-6-18-4-3-11-7/h7,11H,3-6H2,1-2H3,(H,12,13,14,15). The van der Waals surface area contributed by atoms with Gasteiger partial charge in [-0.15, -0.1) is 4.98 Å². The number of morpholine rings is 1. The fraction of sp³-hybridized carbons (Fsp3) is 0.700. The van der Waals surface area contributed by atoms with E-state index < -0.39 is 0 Å². The summed E-state index contributed by atoms with van der Waals surface area (Å²) in [4.78, 5) is 12.1. The molecule has 1 aliphatic rings. The van der Waals surface area contributed by atoms with Crippen LogP contribution in [-0.2, 0) is 4.74 Å². The zero-order chi connectivity index (χ0) is 12.8. The number of nitrogens with zero attached hydrogens (tertiary/aromatic N) is 3. The van der Waals surface area contributed by atoms with Crippen molar-refractivity contribution in [2.75, 3.05) is 45.8 Å². The van der Waals surface area contributed by atoms with Gasteiger partial charge < -0.3 is 24.8 Å². The Morgan fingerprint density at radius 1 is 1.28 bits per heavy atom. The first-order valence-electron chi connectivity index (χ1n) is 5.71. The van der Waals surface area contributed by atoms with Crippen molar-refractivity contribution in [3.05, 3.63) is 0 Å². The molecule has 100 valence electrons. The quantitative estimate of drug-likeness (QED) is 0.713. The Bertz CT molecular complexity index is 362. The monoisotopic (exact) mass is 255 g/mol. The van der Waals surface area contributed by atoms with E-state index in [0.717, 1.165) is 13.2 Å². The largest absolute Gasteiger partial charge is 0.467 e. The first kappa shape index (κ1) is 12.8. The van der Waals surface area contributed by atoms with E-state index >= 15 is 0 Å². The van der Waals surface area contributed by atoms with E-state index in [1.807, 2.05) is 0 Å². The van der Waals surface area contributed by atoms with Crippen molar-refractivity contribution in [2.24, 2.45) is 0 Å². The highest BCUT2D eigenvalue weighted by Crippen LogP contribution is 2.11. The van der Waals surface area contributed by atoms with Crippen LogP contribution in [0.5, 0.6) is 12.0 Å². The van der Waals surface area contributed by atoms with Crippen molar-refractivity contribution in [2.45, 2.75) is 6.04 Å². The first-order chi connectivity index (χ1) is 8.81. The van der Waals surface area contributed by atoms with Crippen molar-refractivity contribution in [1.29, 1.82) is 0 Å². The third-order valence-electron chi connectivity index (χ3n) is 2.46. The summed E-state index contributed by atoms with van der Waals surface area (Å²) in [6.07, 6.45) is 0. The van der Waals surface area contributed by atoms with E-state index in [9.17, 15) is 0 Å². The zero-order valence-corrected chi connectivity index (χ0v) is 10.5. The molecule has 8 heteroatoms. The van der Waals surface area contributed by atoms with E-state index in [1.165, 1.54) is 14.2 Å². The number of anilines is 1. The van der Waals surface area contributed by atoms with Crippen LogP contribution in [0.15, 0.2) is 0 Å². The maximum absolute atomic E-state index is 5.36. The Hall–Kier alpha value is -1.67. The summed E-state index contributed by atoms with van der Waals surface area (Å²) >= 11 is 0.